The van der Waals surface area contributed by atoms with Gasteiger partial charge in [-0.15, -0.1) is 0 Å². The zero-order valence-electron chi connectivity index (χ0n) is 11.0. The molecule has 0 aromatic rings. The van der Waals surface area contributed by atoms with E-state index in [1.165, 1.54) is 38.5 Å². The van der Waals surface area contributed by atoms with Crippen LogP contribution in [0.15, 0.2) is 0 Å². The van der Waals surface area contributed by atoms with Gasteiger partial charge in [0, 0.05) is 24.5 Å². The number of carbonyl (C=O) groups is 1. The Balaban J connectivity index is 1.68. The fourth-order valence-corrected chi connectivity index (χ4v) is 3.13. The normalized spacial score (nSPS) is 31.1. The molecule has 1 aliphatic carbocycles. The first kappa shape index (κ1) is 12.9. The number of hydrogen-bond donors (Lipinski definition) is 2. The van der Waals surface area contributed by atoms with Crippen molar-refractivity contribution in [2.24, 2.45) is 5.92 Å². The summed E-state index contributed by atoms with van der Waals surface area (Å²) in [6.07, 6.45) is 9.74. The maximum Gasteiger partial charge on any atom is 0.223 e. The molecule has 1 saturated carbocycles. The summed E-state index contributed by atoms with van der Waals surface area (Å²) in [4.78, 5) is 12.0. The van der Waals surface area contributed by atoms with Crippen molar-refractivity contribution in [2.75, 3.05) is 6.54 Å². The van der Waals surface area contributed by atoms with Gasteiger partial charge in [-0.2, -0.15) is 0 Å². The van der Waals surface area contributed by atoms with Gasteiger partial charge < -0.3 is 10.6 Å². The fraction of sp³-hybridized carbons (Fsp3) is 0.929. The van der Waals surface area contributed by atoms with Crippen molar-refractivity contribution < 1.29 is 4.79 Å². The van der Waals surface area contributed by atoms with Crippen LogP contribution in [0.4, 0.5) is 0 Å². The van der Waals surface area contributed by atoms with Crippen molar-refractivity contribution in [1.29, 1.82) is 0 Å². The fourth-order valence-electron chi connectivity index (χ4n) is 3.13. The molecule has 1 heterocycles. The summed E-state index contributed by atoms with van der Waals surface area (Å²) >= 11 is 0. The molecule has 3 nitrogen and oxygen atoms in total. The van der Waals surface area contributed by atoms with Gasteiger partial charge in [-0.3, -0.25) is 4.79 Å². The Kier molecular flexibility index (Phi) is 4.84. The Morgan fingerprint density at radius 2 is 1.88 bits per heavy atom. The van der Waals surface area contributed by atoms with Crippen LogP contribution in [0.25, 0.3) is 0 Å². The highest BCUT2D eigenvalue weighted by atomic mass is 16.1. The second-order valence-electron chi connectivity index (χ2n) is 5.78. The molecule has 1 aliphatic heterocycles. The lowest BCUT2D eigenvalue weighted by molar-refractivity contribution is -0.126. The van der Waals surface area contributed by atoms with Gasteiger partial charge in [-0.05, 0) is 32.6 Å². The van der Waals surface area contributed by atoms with E-state index in [-0.39, 0.29) is 0 Å². The minimum absolute atomic E-state index is 0.296. The van der Waals surface area contributed by atoms with E-state index in [1.54, 1.807) is 0 Å². The monoisotopic (exact) mass is 238 g/mol. The summed E-state index contributed by atoms with van der Waals surface area (Å²) in [6, 6.07) is 1.10. The number of carbonyl (C=O) groups excluding carboxylic acids is 1. The molecule has 98 valence electrons. The maximum absolute atomic E-state index is 12.0. The van der Waals surface area contributed by atoms with E-state index in [1.807, 2.05) is 0 Å². The Labute approximate surface area is 105 Å². The van der Waals surface area contributed by atoms with Crippen LogP contribution >= 0.6 is 0 Å². The third-order valence-electron chi connectivity index (χ3n) is 4.21. The molecule has 0 radical (unpaired) electrons. The molecule has 2 atom stereocenters. The van der Waals surface area contributed by atoms with Crippen molar-refractivity contribution in [3.63, 3.8) is 0 Å². The highest BCUT2D eigenvalue weighted by Gasteiger charge is 2.23. The van der Waals surface area contributed by atoms with Crippen LogP contribution in [-0.4, -0.2) is 24.5 Å². The lowest BCUT2D eigenvalue weighted by atomic mass is 9.88. The van der Waals surface area contributed by atoms with E-state index in [0.29, 0.717) is 23.9 Å². The summed E-state index contributed by atoms with van der Waals surface area (Å²) in [7, 11) is 0. The Morgan fingerprint density at radius 3 is 2.59 bits per heavy atom. The quantitative estimate of drug-likeness (QED) is 0.791. The molecular formula is C14H26N2O. The second kappa shape index (κ2) is 6.39. The molecule has 0 spiro atoms. The predicted octanol–water partition coefficient (Wildman–Crippen LogP) is 2.21. The number of rotatable bonds is 3. The number of piperidine rings is 1. The van der Waals surface area contributed by atoms with Crippen LogP contribution < -0.4 is 10.6 Å². The number of hydrogen-bond acceptors (Lipinski definition) is 2. The van der Waals surface area contributed by atoms with Gasteiger partial charge in [0.25, 0.3) is 0 Å². The van der Waals surface area contributed by atoms with Gasteiger partial charge in [-0.1, -0.05) is 25.7 Å². The molecule has 0 aromatic carbocycles. The second-order valence-corrected chi connectivity index (χ2v) is 5.78. The van der Waals surface area contributed by atoms with E-state index in [0.717, 1.165) is 19.4 Å². The van der Waals surface area contributed by atoms with Crippen LogP contribution in [0.3, 0.4) is 0 Å². The van der Waals surface area contributed by atoms with Crippen LogP contribution in [-0.2, 0) is 4.79 Å². The van der Waals surface area contributed by atoms with Crippen molar-refractivity contribution in [2.45, 2.75) is 70.4 Å². The molecule has 2 rings (SSSR count). The van der Waals surface area contributed by atoms with Crippen molar-refractivity contribution in [1.82, 2.24) is 10.6 Å². The summed E-state index contributed by atoms with van der Waals surface area (Å²) in [5.41, 5.74) is 0. The molecule has 2 unspecified atom stereocenters. The van der Waals surface area contributed by atoms with Gasteiger partial charge in [0.15, 0.2) is 0 Å². The molecule has 1 amide bonds. The molecule has 2 fully saturated rings. The van der Waals surface area contributed by atoms with Crippen LogP contribution in [0.2, 0.25) is 0 Å². The third-order valence-corrected chi connectivity index (χ3v) is 4.21. The summed E-state index contributed by atoms with van der Waals surface area (Å²) < 4.78 is 0. The lowest BCUT2D eigenvalue weighted by Crippen LogP contribution is -2.48. The molecule has 2 N–H and O–H groups in total. The third kappa shape index (κ3) is 3.98. The van der Waals surface area contributed by atoms with E-state index < -0.39 is 0 Å². The molecule has 17 heavy (non-hydrogen) atoms. The van der Waals surface area contributed by atoms with Crippen LogP contribution in [0.1, 0.15) is 58.3 Å². The zero-order chi connectivity index (χ0) is 12.1. The predicted molar refractivity (Wildman–Crippen MR) is 69.8 cm³/mol. The Hall–Kier alpha value is -0.570. The lowest BCUT2D eigenvalue weighted by Gasteiger charge is -2.29. The van der Waals surface area contributed by atoms with Crippen LogP contribution in [0.5, 0.6) is 0 Å². The largest absolute Gasteiger partial charge is 0.354 e. The van der Waals surface area contributed by atoms with E-state index in [4.69, 9.17) is 0 Å². The first-order valence-electron chi connectivity index (χ1n) is 7.29. The molecule has 3 heteroatoms. The van der Waals surface area contributed by atoms with E-state index in [2.05, 4.69) is 17.6 Å². The van der Waals surface area contributed by atoms with Crippen molar-refractivity contribution in [3.8, 4) is 0 Å². The van der Waals surface area contributed by atoms with Crippen LogP contribution in [0, 0.1) is 5.92 Å². The van der Waals surface area contributed by atoms with Gasteiger partial charge in [0.05, 0.1) is 0 Å². The van der Waals surface area contributed by atoms with Gasteiger partial charge in [0.2, 0.25) is 5.91 Å². The molecule has 2 aliphatic rings. The SMILES string of the molecule is CC1CCCC(CNC(=O)C2CCCCC2)N1. The minimum atomic E-state index is 0.296. The average molecular weight is 238 g/mol. The van der Waals surface area contributed by atoms with E-state index in [9.17, 15) is 4.79 Å². The first-order chi connectivity index (χ1) is 8.25. The topological polar surface area (TPSA) is 41.1 Å². The van der Waals surface area contributed by atoms with Gasteiger partial charge in [-0.25, -0.2) is 0 Å². The number of amides is 1. The first-order valence-corrected chi connectivity index (χ1v) is 7.29. The maximum atomic E-state index is 12.0. The average Bonchev–Trinajstić information content (AvgIpc) is 2.37. The summed E-state index contributed by atoms with van der Waals surface area (Å²) in [5, 5.41) is 6.70. The summed E-state index contributed by atoms with van der Waals surface area (Å²) in [5.74, 6) is 0.592. The Bertz CT molecular complexity index is 249. The molecular weight excluding hydrogens is 212 g/mol. The molecule has 0 bridgehead atoms. The smallest absolute Gasteiger partial charge is 0.223 e. The van der Waals surface area contributed by atoms with Crippen molar-refractivity contribution >= 4 is 5.91 Å². The number of nitrogens with one attached hydrogen (secondary N) is 2. The summed E-state index contributed by atoms with van der Waals surface area (Å²) in [6.45, 7) is 3.05. The standard InChI is InChI=1S/C14H26N2O/c1-11-6-5-9-13(16-11)10-15-14(17)12-7-3-2-4-8-12/h11-13,16H,2-10H2,1H3,(H,15,17). The van der Waals surface area contributed by atoms with E-state index >= 15 is 0 Å². The Morgan fingerprint density at radius 1 is 1.12 bits per heavy atom. The van der Waals surface area contributed by atoms with Gasteiger partial charge >= 0.3 is 0 Å². The molecule has 0 aromatic heterocycles. The van der Waals surface area contributed by atoms with Crippen molar-refractivity contribution in [3.05, 3.63) is 0 Å². The highest BCUT2D eigenvalue weighted by molar-refractivity contribution is 5.78. The molecule has 1 saturated heterocycles. The zero-order valence-corrected chi connectivity index (χ0v) is 11.0. The highest BCUT2D eigenvalue weighted by Crippen LogP contribution is 2.23. The van der Waals surface area contributed by atoms with Gasteiger partial charge in [0.1, 0.15) is 0 Å². The minimum Gasteiger partial charge on any atom is -0.354 e.